The number of carbonyl (C=O) groups is 1. The SMILES string of the molecule is Cc1cc(C)c(C=O)c(C(C#N)C#N)c1. The van der Waals surface area contributed by atoms with Gasteiger partial charge in [-0.2, -0.15) is 10.5 Å². The highest BCUT2D eigenvalue weighted by atomic mass is 16.1. The molecule has 0 saturated heterocycles. The monoisotopic (exact) mass is 198 g/mol. The molecule has 1 aromatic rings. The van der Waals surface area contributed by atoms with Crippen molar-refractivity contribution in [3.8, 4) is 12.1 Å². The summed E-state index contributed by atoms with van der Waals surface area (Å²) in [5, 5.41) is 17.6. The van der Waals surface area contributed by atoms with Gasteiger partial charge in [0.05, 0.1) is 12.1 Å². The molecule has 3 nitrogen and oxygen atoms in total. The maximum atomic E-state index is 10.9. The van der Waals surface area contributed by atoms with Crippen molar-refractivity contribution in [3.63, 3.8) is 0 Å². The van der Waals surface area contributed by atoms with Crippen LogP contribution < -0.4 is 0 Å². The van der Waals surface area contributed by atoms with E-state index in [0.29, 0.717) is 17.4 Å². The minimum Gasteiger partial charge on any atom is -0.298 e. The van der Waals surface area contributed by atoms with E-state index in [0.717, 1.165) is 11.1 Å². The van der Waals surface area contributed by atoms with Crippen LogP contribution >= 0.6 is 0 Å². The van der Waals surface area contributed by atoms with Crippen molar-refractivity contribution in [2.75, 3.05) is 0 Å². The van der Waals surface area contributed by atoms with Crippen LogP contribution in [0.3, 0.4) is 0 Å². The second kappa shape index (κ2) is 4.39. The van der Waals surface area contributed by atoms with Gasteiger partial charge < -0.3 is 0 Å². The fourth-order valence-electron chi connectivity index (χ4n) is 1.58. The lowest BCUT2D eigenvalue weighted by atomic mass is 9.92. The van der Waals surface area contributed by atoms with Gasteiger partial charge in [-0.25, -0.2) is 0 Å². The van der Waals surface area contributed by atoms with Gasteiger partial charge in [-0.1, -0.05) is 17.7 Å². The van der Waals surface area contributed by atoms with Gasteiger partial charge in [-0.3, -0.25) is 4.79 Å². The average molecular weight is 198 g/mol. The third-order valence-electron chi connectivity index (χ3n) is 2.25. The second-order valence-corrected chi connectivity index (χ2v) is 3.39. The van der Waals surface area contributed by atoms with Crippen LogP contribution in [0.5, 0.6) is 0 Å². The molecule has 0 atom stereocenters. The molecule has 15 heavy (non-hydrogen) atoms. The first-order valence-corrected chi connectivity index (χ1v) is 4.49. The van der Waals surface area contributed by atoms with Gasteiger partial charge in [-0.15, -0.1) is 0 Å². The summed E-state index contributed by atoms with van der Waals surface area (Å²) < 4.78 is 0. The average Bonchev–Trinajstić information content (AvgIpc) is 2.19. The van der Waals surface area contributed by atoms with Crippen LogP contribution in [0, 0.1) is 36.5 Å². The van der Waals surface area contributed by atoms with E-state index in [9.17, 15) is 4.79 Å². The van der Waals surface area contributed by atoms with Crippen LogP contribution in [0.25, 0.3) is 0 Å². The van der Waals surface area contributed by atoms with E-state index in [1.807, 2.05) is 25.1 Å². The number of benzene rings is 1. The Morgan fingerprint density at radius 1 is 1.27 bits per heavy atom. The Bertz CT molecular complexity index is 464. The Morgan fingerprint density at radius 3 is 2.33 bits per heavy atom. The fourth-order valence-corrected chi connectivity index (χ4v) is 1.58. The van der Waals surface area contributed by atoms with E-state index >= 15 is 0 Å². The molecule has 0 unspecified atom stereocenters. The molecule has 0 aliphatic heterocycles. The number of aryl methyl sites for hydroxylation is 2. The van der Waals surface area contributed by atoms with Gasteiger partial charge in [0.2, 0.25) is 0 Å². The summed E-state index contributed by atoms with van der Waals surface area (Å²) in [6.45, 7) is 3.67. The smallest absolute Gasteiger partial charge is 0.158 e. The van der Waals surface area contributed by atoms with Crippen LogP contribution in [0.1, 0.15) is 33.0 Å². The highest BCUT2D eigenvalue weighted by Gasteiger charge is 2.15. The first-order valence-electron chi connectivity index (χ1n) is 4.49. The molecule has 3 heteroatoms. The molecular formula is C12H10N2O. The molecule has 0 spiro atoms. The molecule has 0 fully saturated rings. The van der Waals surface area contributed by atoms with Gasteiger partial charge in [0.15, 0.2) is 12.2 Å². The second-order valence-electron chi connectivity index (χ2n) is 3.39. The standard InChI is InChI=1S/C12H10N2O/c1-8-3-9(2)12(7-15)11(4-8)10(5-13)6-14/h3-4,7,10H,1-2H3. The Kier molecular flexibility index (Phi) is 3.21. The largest absolute Gasteiger partial charge is 0.298 e. The van der Waals surface area contributed by atoms with E-state index in [2.05, 4.69) is 0 Å². The highest BCUT2D eigenvalue weighted by Crippen LogP contribution is 2.22. The molecule has 0 N–H and O–H groups in total. The van der Waals surface area contributed by atoms with Gasteiger partial charge in [0.1, 0.15) is 0 Å². The van der Waals surface area contributed by atoms with Crippen LogP contribution in [0.15, 0.2) is 12.1 Å². The molecule has 0 amide bonds. The third-order valence-corrected chi connectivity index (χ3v) is 2.25. The number of nitrogens with zero attached hydrogens (tertiary/aromatic N) is 2. The number of carbonyl (C=O) groups excluding carboxylic acids is 1. The Morgan fingerprint density at radius 2 is 1.87 bits per heavy atom. The molecule has 1 rings (SSSR count). The van der Waals surface area contributed by atoms with E-state index < -0.39 is 5.92 Å². The quantitative estimate of drug-likeness (QED) is 0.684. The summed E-state index contributed by atoms with van der Waals surface area (Å²) in [5.74, 6) is -0.871. The van der Waals surface area contributed by atoms with Gasteiger partial charge in [0.25, 0.3) is 0 Å². The number of hydrogen-bond donors (Lipinski definition) is 0. The minimum absolute atomic E-state index is 0.453. The number of aldehydes is 1. The lowest BCUT2D eigenvalue weighted by molar-refractivity contribution is 0.112. The molecule has 0 bridgehead atoms. The zero-order valence-corrected chi connectivity index (χ0v) is 8.61. The minimum atomic E-state index is -0.871. The van der Waals surface area contributed by atoms with Gasteiger partial charge in [-0.05, 0) is 25.0 Å². The van der Waals surface area contributed by atoms with Crippen LogP contribution in [0.2, 0.25) is 0 Å². The molecule has 0 aliphatic carbocycles. The van der Waals surface area contributed by atoms with Crippen molar-refractivity contribution >= 4 is 6.29 Å². The summed E-state index contributed by atoms with van der Waals surface area (Å²) in [7, 11) is 0. The maximum Gasteiger partial charge on any atom is 0.158 e. The number of rotatable bonds is 2. The van der Waals surface area contributed by atoms with E-state index in [1.165, 1.54) is 0 Å². The first-order chi connectivity index (χ1) is 7.13. The van der Waals surface area contributed by atoms with Crippen molar-refractivity contribution in [2.24, 2.45) is 0 Å². The molecule has 0 heterocycles. The molecule has 74 valence electrons. The lowest BCUT2D eigenvalue weighted by Gasteiger charge is -2.09. The molecular weight excluding hydrogens is 188 g/mol. The Labute approximate surface area is 88.6 Å². The topological polar surface area (TPSA) is 64.7 Å². The van der Waals surface area contributed by atoms with Crippen molar-refractivity contribution in [1.29, 1.82) is 10.5 Å². The first kappa shape index (κ1) is 10.9. The molecule has 0 saturated carbocycles. The van der Waals surface area contributed by atoms with E-state index in [1.54, 1.807) is 13.0 Å². The predicted molar refractivity (Wildman–Crippen MR) is 55.3 cm³/mol. The molecule has 0 aromatic heterocycles. The van der Waals surface area contributed by atoms with Crippen LogP contribution in [-0.4, -0.2) is 6.29 Å². The highest BCUT2D eigenvalue weighted by molar-refractivity contribution is 5.81. The Hall–Kier alpha value is -2.13. The van der Waals surface area contributed by atoms with Crippen molar-refractivity contribution in [1.82, 2.24) is 0 Å². The summed E-state index contributed by atoms with van der Waals surface area (Å²) in [4.78, 5) is 10.9. The maximum absolute atomic E-state index is 10.9. The fraction of sp³-hybridized carbons (Fsp3) is 0.250. The lowest BCUT2D eigenvalue weighted by Crippen LogP contribution is -2.01. The summed E-state index contributed by atoms with van der Waals surface area (Å²) in [6, 6.07) is 7.33. The van der Waals surface area contributed by atoms with Gasteiger partial charge in [0, 0.05) is 5.56 Å². The summed E-state index contributed by atoms with van der Waals surface area (Å²) in [6.07, 6.45) is 0.700. The third kappa shape index (κ3) is 2.03. The normalized spacial score (nSPS) is 9.40. The summed E-state index contributed by atoms with van der Waals surface area (Å²) in [5.41, 5.74) is 2.71. The number of nitriles is 2. The van der Waals surface area contributed by atoms with Crippen molar-refractivity contribution in [2.45, 2.75) is 19.8 Å². The molecule has 0 aliphatic rings. The van der Waals surface area contributed by atoms with Crippen LogP contribution in [-0.2, 0) is 0 Å². The van der Waals surface area contributed by atoms with E-state index in [-0.39, 0.29) is 0 Å². The predicted octanol–water partition coefficient (Wildman–Crippen LogP) is 2.25. The van der Waals surface area contributed by atoms with Crippen molar-refractivity contribution < 1.29 is 4.79 Å². The van der Waals surface area contributed by atoms with E-state index in [4.69, 9.17) is 10.5 Å². The zero-order chi connectivity index (χ0) is 11.4. The van der Waals surface area contributed by atoms with Crippen LogP contribution in [0.4, 0.5) is 0 Å². The van der Waals surface area contributed by atoms with Gasteiger partial charge >= 0.3 is 0 Å². The summed E-state index contributed by atoms with van der Waals surface area (Å²) >= 11 is 0. The molecule has 0 radical (unpaired) electrons. The molecule has 1 aromatic carbocycles. The zero-order valence-electron chi connectivity index (χ0n) is 8.61. The Balaban J connectivity index is 3.47. The van der Waals surface area contributed by atoms with Crippen molar-refractivity contribution in [3.05, 3.63) is 34.4 Å². The number of hydrogen-bond acceptors (Lipinski definition) is 3.